The molecular formula is C13H29S3Y3-3. The second-order valence-electron chi connectivity index (χ2n) is 1.69. The van der Waals surface area contributed by atoms with Crippen molar-refractivity contribution in [1.82, 2.24) is 0 Å². The maximum Gasteiger partial charge on any atom is 0 e. The Labute approximate surface area is 213 Å². The Hall–Kier alpha value is 3.84. The van der Waals surface area contributed by atoms with E-state index in [4.69, 9.17) is 0 Å². The van der Waals surface area contributed by atoms with Crippen LogP contribution in [0, 0.1) is 13.8 Å². The van der Waals surface area contributed by atoms with Crippen LogP contribution in [0.4, 0.5) is 0 Å². The second-order valence-corrected chi connectivity index (χ2v) is 3.66. The van der Waals surface area contributed by atoms with Crippen LogP contribution in [0.5, 0.6) is 0 Å². The van der Waals surface area contributed by atoms with Gasteiger partial charge in [-0.15, -0.1) is 26.3 Å². The van der Waals surface area contributed by atoms with Crippen LogP contribution >= 0.6 is 23.5 Å². The molecule has 0 nitrogen and oxygen atoms in total. The Morgan fingerprint density at radius 1 is 0.737 bits per heavy atom. The molecule has 3 radical (unpaired) electrons. The van der Waals surface area contributed by atoms with Gasteiger partial charge in [0.1, 0.15) is 0 Å². The fourth-order valence-corrected chi connectivity index (χ4v) is 0.866. The molecule has 0 aliphatic carbocycles. The van der Waals surface area contributed by atoms with Crippen molar-refractivity contribution < 1.29 is 98.1 Å². The molecule has 0 unspecified atom stereocenters. The molecule has 0 saturated carbocycles. The van der Waals surface area contributed by atoms with Crippen LogP contribution in [-0.2, 0) is 111 Å². The first-order valence-electron chi connectivity index (χ1n) is 4.80. The molecule has 0 aliphatic rings. The Morgan fingerprint density at radius 3 is 0.895 bits per heavy atom. The third kappa shape index (κ3) is 140. The molecule has 0 aromatic heterocycles. The van der Waals surface area contributed by atoms with E-state index in [9.17, 15) is 0 Å². The smallest absolute Gasteiger partial charge is 0 e. The van der Waals surface area contributed by atoms with Gasteiger partial charge in [0.15, 0.2) is 0 Å². The van der Waals surface area contributed by atoms with Crippen LogP contribution < -0.4 is 0 Å². The maximum atomic E-state index is 4.08. The molecule has 6 heteroatoms. The molecule has 0 amide bonds. The molecule has 19 heavy (non-hydrogen) atoms. The zero-order chi connectivity index (χ0) is 14.2. The minimum Gasteiger partial charge on any atom is -0.796 e. The average molecular weight is 548 g/mol. The SMILES string of the molecule is C=C.C=C.C[S-].[CH2-]CCSC.[CH2-]CCSC.[Y].[Y].[Y]. The quantitative estimate of drug-likeness (QED) is 0.279. The van der Waals surface area contributed by atoms with Gasteiger partial charge < -0.3 is 26.5 Å². The number of thioether (sulfide) groups is 2. The van der Waals surface area contributed by atoms with Gasteiger partial charge in [-0.3, -0.25) is 0 Å². The molecule has 0 N–H and O–H groups in total. The zero-order valence-corrected chi connectivity index (χ0v) is 24.0. The largest absolute Gasteiger partial charge is 0.796 e. The number of hydrogen-bond donors (Lipinski definition) is 0. The standard InChI is InChI=1S/2C4H9S.2C2H4.CH4S.3Y/c2*1-3-4-5-2;3*1-2;;;/h2*1,3-4H2,2H3;2*1-2H2;2H,1H3;;;/q2*-1;;;;;;/p-1. The minimum atomic E-state index is 0. The molecule has 0 atom stereocenters. The Bertz CT molecular complexity index is 59.1. The third-order valence-corrected chi connectivity index (χ3v) is 2.09. The summed E-state index contributed by atoms with van der Waals surface area (Å²) in [4.78, 5) is 0. The third-order valence-electron chi connectivity index (χ3n) is 0.697. The fraction of sp³-hybridized carbons (Fsp3) is 0.538. The van der Waals surface area contributed by atoms with Crippen molar-refractivity contribution >= 4 is 36.2 Å². The summed E-state index contributed by atoms with van der Waals surface area (Å²) in [5.41, 5.74) is 0. The number of hydrogen-bond acceptors (Lipinski definition) is 3. The topological polar surface area (TPSA) is 0 Å². The first-order chi connectivity index (χ1) is 7.83. The van der Waals surface area contributed by atoms with Gasteiger partial charge in [-0.25, -0.2) is 0 Å². The van der Waals surface area contributed by atoms with Gasteiger partial charge in [0.2, 0.25) is 0 Å². The Kier molecular flexibility index (Phi) is 255. The van der Waals surface area contributed by atoms with E-state index in [1.54, 1.807) is 6.26 Å². The summed E-state index contributed by atoms with van der Waals surface area (Å²) in [7, 11) is 0. The van der Waals surface area contributed by atoms with Gasteiger partial charge in [0.25, 0.3) is 0 Å². The molecule has 0 rings (SSSR count). The zero-order valence-electron chi connectivity index (χ0n) is 13.0. The van der Waals surface area contributed by atoms with E-state index in [0.29, 0.717) is 0 Å². The van der Waals surface area contributed by atoms with E-state index >= 15 is 0 Å². The molecule has 0 aliphatic heterocycles. The summed E-state index contributed by atoms with van der Waals surface area (Å²) in [5.74, 6) is 2.39. The molecular weight excluding hydrogens is 519 g/mol. The van der Waals surface area contributed by atoms with Crippen molar-refractivity contribution in [3.05, 3.63) is 40.2 Å². The van der Waals surface area contributed by atoms with Crippen molar-refractivity contribution in [1.29, 1.82) is 0 Å². The Balaban J connectivity index is -0.0000000137. The first-order valence-corrected chi connectivity index (χ1v) is 8.41. The van der Waals surface area contributed by atoms with Crippen LogP contribution in [-0.4, -0.2) is 30.3 Å². The van der Waals surface area contributed by atoms with Crippen LogP contribution in [0.1, 0.15) is 12.8 Å². The summed E-state index contributed by atoms with van der Waals surface area (Å²) < 4.78 is 0. The van der Waals surface area contributed by atoms with Crippen molar-refractivity contribution in [2.75, 3.05) is 30.3 Å². The monoisotopic (exact) mass is 548 g/mol. The van der Waals surface area contributed by atoms with Gasteiger partial charge in [-0.1, -0.05) is 0 Å². The van der Waals surface area contributed by atoms with E-state index in [-0.39, 0.29) is 98.1 Å². The summed E-state index contributed by atoms with van der Waals surface area (Å²) >= 11 is 7.76. The van der Waals surface area contributed by atoms with Crippen LogP contribution in [0.15, 0.2) is 26.3 Å². The normalized spacial score (nSPS) is 5.16. The summed E-state index contributed by atoms with van der Waals surface area (Å²) in [6.07, 6.45) is 7.87. The van der Waals surface area contributed by atoms with E-state index in [1.807, 2.05) is 23.5 Å². The second kappa shape index (κ2) is 98.0. The maximum absolute atomic E-state index is 4.08. The summed E-state index contributed by atoms with van der Waals surface area (Å²) in [6.45, 7) is 19.3. The molecule has 111 valence electrons. The van der Waals surface area contributed by atoms with Crippen molar-refractivity contribution in [2.45, 2.75) is 12.8 Å². The molecule has 0 heterocycles. The van der Waals surface area contributed by atoms with E-state index in [2.05, 4.69) is 65.3 Å². The van der Waals surface area contributed by atoms with Crippen molar-refractivity contribution in [2.24, 2.45) is 0 Å². The van der Waals surface area contributed by atoms with Gasteiger partial charge in [-0.05, 0) is 24.0 Å². The molecule has 0 fully saturated rings. The van der Waals surface area contributed by atoms with Gasteiger partial charge in [-0.2, -0.15) is 42.6 Å². The van der Waals surface area contributed by atoms with E-state index < -0.39 is 0 Å². The van der Waals surface area contributed by atoms with Crippen LogP contribution in [0.25, 0.3) is 0 Å². The molecule has 0 spiro atoms. The first kappa shape index (κ1) is 49.5. The predicted octanol–water partition coefficient (Wildman–Crippen LogP) is 4.91. The number of rotatable bonds is 4. The summed E-state index contributed by atoms with van der Waals surface area (Å²) in [6, 6.07) is 0. The van der Waals surface area contributed by atoms with Crippen LogP contribution in [0.2, 0.25) is 0 Å². The minimum absolute atomic E-state index is 0. The van der Waals surface area contributed by atoms with Crippen molar-refractivity contribution in [3.63, 3.8) is 0 Å². The van der Waals surface area contributed by atoms with E-state index in [1.165, 1.54) is 11.5 Å². The van der Waals surface area contributed by atoms with Crippen LogP contribution in [0.3, 0.4) is 0 Å². The predicted molar refractivity (Wildman–Crippen MR) is 92.5 cm³/mol. The molecule has 0 aromatic rings. The fourth-order valence-electron chi connectivity index (χ4n) is 0.289. The van der Waals surface area contributed by atoms with Gasteiger partial charge in [0.05, 0.1) is 0 Å². The van der Waals surface area contributed by atoms with Gasteiger partial charge in [0, 0.05) is 98.1 Å². The van der Waals surface area contributed by atoms with Gasteiger partial charge >= 0.3 is 0 Å². The Morgan fingerprint density at radius 2 is 0.895 bits per heavy atom. The molecule has 0 saturated heterocycles. The van der Waals surface area contributed by atoms with E-state index in [0.717, 1.165) is 12.8 Å². The molecule has 0 bridgehead atoms. The average Bonchev–Trinajstić information content (AvgIpc) is 2.39. The summed E-state index contributed by atoms with van der Waals surface area (Å²) in [5, 5.41) is 0. The van der Waals surface area contributed by atoms with Crippen molar-refractivity contribution in [3.8, 4) is 0 Å². The molecule has 0 aromatic carbocycles.